The van der Waals surface area contributed by atoms with Gasteiger partial charge in [0.2, 0.25) is 0 Å². The van der Waals surface area contributed by atoms with Gasteiger partial charge in [-0.1, -0.05) is 71.3 Å². The fraction of sp³-hybridized carbons (Fsp3) is 0.684. The van der Waals surface area contributed by atoms with Gasteiger partial charge < -0.3 is 0 Å². The van der Waals surface area contributed by atoms with E-state index in [0.717, 1.165) is 19.3 Å². The minimum Gasteiger partial charge on any atom is -0.292 e. The van der Waals surface area contributed by atoms with Crippen molar-refractivity contribution < 1.29 is 4.79 Å². The number of unbranched alkanes of at least 4 members (excludes halogenated alkanes) is 6. The van der Waals surface area contributed by atoms with Gasteiger partial charge in [-0.15, -0.1) is 0 Å². The molecular formula is C19H31NO. The highest BCUT2D eigenvalue weighted by Gasteiger charge is 2.20. The van der Waals surface area contributed by atoms with E-state index in [1.807, 2.05) is 18.2 Å². The van der Waals surface area contributed by atoms with Crippen molar-refractivity contribution in [3.05, 3.63) is 30.1 Å². The summed E-state index contributed by atoms with van der Waals surface area (Å²) in [6.07, 6.45) is 13.7. The molecule has 118 valence electrons. The van der Waals surface area contributed by atoms with Gasteiger partial charge in [-0.2, -0.15) is 0 Å². The van der Waals surface area contributed by atoms with E-state index >= 15 is 0 Å². The Balaban J connectivity index is 2.48. The Kier molecular flexibility index (Phi) is 9.77. The molecule has 0 amide bonds. The van der Waals surface area contributed by atoms with Crippen molar-refractivity contribution >= 4 is 5.78 Å². The summed E-state index contributed by atoms with van der Waals surface area (Å²) in [5.74, 6) is 0.426. The van der Waals surface area contributed by atoms with Gasteiger partial charge in [0.05, 0.1) is 0 Å². The van der Waals surface area contributed by atoms with E-state index < -0.39 is 0 Å². The molecule has 0 radical (unpaired) electrons. The first-order chi connectivity index (χ1) is 10.3. The Hall–Kier alpha value is -1.18. The first-order valence-corrected chi connectivity index (χ1v) is 8.74. The summed E-state index contributed by atoms with van der Waals surface area (Å²) in [5, 5.41) is 0. The highest BCUT2D eigenvalue weighted by Crippen LogP contribution is 2.21. The molecule has 0 aliphatic carbocycles. The Morgan fingerprint density at radius 3 is 2.19 bits per heavy atom. The average Bonchev–Trinajstić information content (AvgIpc) is 2.53. The van der Waals surface area contributed by atoms with Crippen LogP contribution < -0.4 is 0 Å². The van der Waals surface area contributed by atoms with Crippen LogP contribution in [0.2, 0.25) is 0 Å². The minimum absolute atomic E-state index is 0.174. The van der Waals surface area contributed by atoms with Crippen molar-refractivity contribution in [1.82, 2.24) is 4.98 Å². The number of pyridine rings is 1. The van der Waals surface area contributed by atoms with Gasteiger partial charge in [0.1, 0.15) is 5.69 Å². The molecule has 0 spiro atoms. The standard InChI is InChI=1S/C19H31NO/c1-3-5-7-8-10-14-17(13-9-6-4-2)19(21)18-15-11-12-16-20-18/h11-12,15-17H,3-10,13-14H2,1-2H3. The Labute approximate surface area is 130 Å². The predicted octanol–water partition coefficient (Wildman–Crippen LogP) is 5.82. The van der Waals surface area contributed by atoms with Crippen LogP contribution in [0.1, 0.15) is 88.5 Å². The minimum atomic E-state index is 0.174. The molecule has 0 N–H and O–H groups in total. The van der Waals surface area contributed by atoms with E-state index in [4.69, 9.17) is 0 Å². The smallest absolute Gasteiger partial charge is 0.184 e. The number of carbonyl (C=O) groups is 1. The van der Waals surface area contributed by atoms with Gasteiger partial charge in [0, 0.05) is 12.1 Å². The summed E-state index contributed by atoms with van der Waals surface area (Å²) in [6, 6.07) is 5.63. The number of nitrogens with zero attached hydrogens (tertiary/aromatic N) is 1. The molecule has 0 bridgehead atoms. The Bertz CT molecular complexity index is 374. The van der Waals surface area contributed by atoms with Gasteiger partial charge in [0.25, 0.3) is 0 Å². The summed E-state index contributed by atoms with van der Waals surface area (Å²) < 4.78 is 0. The van der Waals surface area contributed by atoms with Gasteiger partial charge in [-0.05, 0) is 25.0 Å². The molecule has 1 atom stereocenters. The molecule has 0 aromatic carbocycles. The van der Waals surface area contributed by atoms with E-state index in [1.54, 1.807) is 6.20 Å². The summed E-state index contributed by atoms with van der Waals surface area (Å²) >= 11 is 0. The van der Waals surface area contributed by atoms with Crippen LogP contribution in [0, 0.1) is 5.92 Å². The zero-order chi connectivity index (χ0) is 15.3. The van der Waals surface area contributed by atoms with Crippen LogP contribution in [0.3, 0.4) is 0 Å². The van der Waals surface area contributed by atoms with E-state index in [0.29, 0.717) is 5.69 Å². The van der Waals surface area contributed by atoms with Gasteiger partial charge in [-0.3, -0.25) is 9.78 Å². The van der Waals surface area contributed by atoms with E-state index in [-0.39, 0.29) is 11.7 Å². The van der Waals surface area contributed by atoms with Crippen molar-refractivity contribution in [1.29, 1.82) is 0 Å². The summed E-state index contributed by atoms with van der Waals surface area (Å²) in [7, 11) is 0. The second kappa shape index (κ2) is 11.5. The highest BCUT2D eigenvalue weighted by molar-refractivity contribution is 5.95. The van der Waals surface area contributed by atoms with Crippen LogP contribution in [0.5, 0.6) is 0 Å². The maximum atomic E-state index is 12.6. The second-order valence-corrected chi connectivity index (χ2v) is 5.97. The topological polar surface area (TPSA) is 30.0 Å². The zero-order valence-corrected chi connectivity index (χ0v) is 13.8. The predicted molar refractivity (Wildman–Crippen MR) is 89.6 cm³/mol. The average molecular weight is 289 g/mol. The normalized spacial score (nSPS) is 12.3. The lowest BCUT2D eigenvalue weighted by Gasteiger charge is -2.15. The Morgan fingerprint density at radius 1 is 0.952 bits per heavy atom. The molecule has 0 saturated heterocycles. The first kappa shape index (κ1) is 17.9. The molecular weight excluding hydrogens is 258 g/mol. The monoisotopic (exact) mass is 289 g/mol. The number of rotatable bonds is 12. The molecule has 0 fully saturated rings. The maximum Gasteiger partial charge on any atom is 0.184 e. The number of carbonyl (C=O) groups excluding carboxylic acids is 1. The molecule has 0 saturated carbocycles. The van der Waals surface area contributed by atoms with E-state index in [9.17, 15) is 4.79 Å². The molecule has 21 heavy (non-hydrogen) atoms. The van der Waals surface area contributed by atoms with Crippen molar-refractivity contribution in [2.75, 3.05) is 0 Å². The molecule has 2 heteroatoms. The molecule has 2 nitrogen and oxygen atoms in total. The van der Waals surface area contributed by atoms with Crippen molar-refractivity contribution in [3.8, 4) is 0 Å². The third kappa shape index (κ3) is 7.40. The van der Waals surface area contributed by atoms with E-state index in [2.05, 4.69) is 18.8 Å². The maximum absolute atomic E-state index is 12.6. The molecule has 1 aromatic rings. The fourth-order valence-electron chi connectivity index (χ4n) is 2.76. The Morgan fingerprint density at radius 2 is 1.57 bits per heavy atom. The molecule has 1 heterocycles. The van der Waals surface area contributed by atoms with Crippen molar-refractivity contribution in [2.24, 2.45) is 5.92 Å². The number of Topliss-reactive ketones (excluding diaryl/α,β-unsaturated/α-hetero) is 1. The third-order valence-corrected chi connectivity index (χ3v) is 4.10. The number of hydrogen-bond donors (Lipinski definition) is 0. The number of hydrogen-bond acceptors (Lipinski definition) is 2. The quantitative estimate of drug-likeness (QED) is 0.358. The van der Waals surface area contributed by atoms with Crippen LogP contribution in [0.25, 0.3) is 0 Å². The molecule has 1 unspecified atom stereocenters. The SMILES string of the molecule is CCCCCCCC(CCCCC)C(=O)c1ccccn1. The van der Waals surface area contributed by atoms with Crippen LogP contribution in [-0.4, -0.2) is 10.8 Å². The van der Waals surface area contributed by atoms with Gasteiger partial charge in [0.15, 0.2) is 5.78 Å². The lowest BCUT2D eigenvalue weighted by molar-refractivity contribution is 0.0896. The third-order valence-electron chi connectivity index (χ3n) is 4.10. The zero-order valence-electron chi connectivity index (χ0n) is 13.8. The largest absolute Gasteiger partial charge is 0.292 e. The number of ketones is 1. The van der Waals surface area contributed by atoms with Gasteiger partial charge in [-0.25, -0.2) is 0 Å². The lowest BCUT2D eigenvalue weighted by atomic mass is 9.89. The summed E-state index contributed by atoms with van der Waals surface area (Å²) in [4.78, 5) is 16.8. The van der Waals surface area contributed by atoms with E-state index in [1.165, 1.54) is 44.9 Å². The number of aromatic nitrogens is 1. The van der Waals surface area contributed by atoms with Crippen molar-refractivity contribution in [2.45, 2.75) is 78.1 Å². The first-order valence-electron chi connectivity index (χ1n) is 8.74. The molecule has 0 aliphatic rings. The fourth-order valence-corrected chi connectivity index (χ4v) is 2.76. The lowest BCUT2D eigenvalue weighted by Crippen LogP contribution is -2.16. The molecule has 0 aliphatic heterocycles. The van der Waals surface area contributed by atoms with Crippen LogP contribution in [0.4, 0.5) is 0 Å². The highest BCUT2D eigenvalue weighted by atomic mass is 16.1. The van der Waals surface area contributed by atoms with Crippen LogP contribution >= 0.6 is 0 Å². The summed E-state index contributed by atoms with van der Waals surface area (Å²) in [6.45, 7) is 4.44. The molecule has 1 aromatic heterocycles. The van der Waals surface area contributed by atoms with Gasteiger partial charge >= 0.3 is 0 Å². The second-order valence-electron chi connectivity index (χ2n) is 5.97. The summed E-state index contributed by atoms with van der Waals surface area (Å²) in [5.41, 5.74) is 0.646. The van der Waals surface area contributed by atoms with Crippen molar-refractivity contribution in [3.63, 3.8) is 0 Å². The molecule has 1 rings (SSSR count). The van der Waals surface area contributed by atoms with Crippen LogP contribution in [0.15, 0.2) is 24.4 Å². The van der Waals surface area contributed by atoms with Crippen LogP contribution in [-0.2, 0) is 0 Å².